The first kappa shape index (κ1) is 21.2. The lowest BCUT2D eigenvalue weighted by atomic mass is 10.1. The van der Waals surface area contributed by atoms with E-state index in [0.29, 0.717) is 12.6 Å². The Morgan fingerprint density at radius 3 is 2.56 bits per heavy atom. The highest BCUT2D eigenvalue weighted by molar-refractivity contribution is 5.79. The summed E-state index contributed by atoms with van der Waals surface area (Å²) in [5, 5.41) is 2.60. The summed E-state index contributed by atoms with van der Waals surface area (Å²) >= 11 is 0. The maximum absolute atomic E-state index is 12.5. The Morgan fingerprint density at radius 2 is 2.04 bits per heavy atom. The Kier molecular flexibility index (Phi) is 8.70. The highest BCUT2D eigenvalue weighted by atomic mass is 19.4. The van der Waals surface area contributed by atoms with Gasteiger partial charge in [-0.1, -0.05) is 6.92 Å². The minimum atomic E-state index is -4.39. The van der Waals surface area contributed by atoms with E-state index < -0.39 is 17.8 Å². The molecule has 1 amide bonds. The van der Waals surface area contributed by atoms with Gasteiger partial charge in [0.25, 0.3) is 0 Å². The average molecular weight is 367 g/mol. The monoisotopic (exact) mass is 367 g/mol. The Morgan fingerprint density at radius 1 is 1.32 bits per heavy atom. The van der Waals surface area contributed by atoms with Crippen LogP contribution in [0.5, 0.6) is 0 Å². The first-order valence-corrected chi connectivity index (χ1v) is 7.98. The van der Waals surface area contributed by atoms with Gasteiger partial charge in [0.05, 0.1) is 26.3 Å². The highest BCUT2D eigenvalue weighted by Crippen LogP contribution is 2.31. The van der Waals surface area contributed by atoms with Gasteiger partial charge >= 0.3 is 12.3 Å². The van der Waals surface area contributed by atoms with Crippen LogP contribution in [0.15, 0.2) is 16.8 Å². The minimum Gasteiger partial charge on any atom is -0.447 e. The number of allylic oxidation sites excluding steroid dienone is 1. The van der Waals surface area contributed by atoms with E-state index in [4.69, 9.17) is 14.4 Å². The van der Waals surface area contributed by atoms with Crippen LogP contribution in [-0.2, 0) is 14.4 Å². The first-order chi connectivity index (χ1) is 11.8. The summed E-state index contributed by atoms with van der Waals surface area (Å²) in [5.41, 5.74) is -0.720. The third-order valence-corrected chi connectivity index (χ3v) is 3.47. The Bertz CT molecular complexity index is 491. The predicted molar refractivity (Wildman–Crippen MR) is 84.5 cm³/mol. The summed E-state index contributed by atoms with van der Waals surface area (Å²) in [5.74, 6) is 0.0335. The van der Waals surface area contributed by atoms with Crippen molar-refractivity contribution in [1.82, 2.24) is 10.1 Å². The van der Waals surface area contributed by atoms with Crippen molar-refractivity contribution in [2.24, 2.45) is 4.99 Å². The van der Waals surface area contributed by atoms with Crippen molar-refractivity contribution in [2.75, 3.05) is 33.9 Å². The van der Waals surface area contributed by atoms with Gasteiger partial charge in [0, 0.05) is 25.7 Å². The molecule has 0 N–H and O–H groups in total. The number of nitrogens with zero attached hydrogens (tertiary/aromatic N) is 3. The summed E-state index contributed by atoms with van der Waals surface area (Å²) in [6, 6.07) is 0. The molecule has 0 bridgehead atoms. The van der Waals surface area contributed by atoms with Crippen LogP contribution in [0.2, 0.25) is 0 Å². The lowest BCUT2D eigenvalue weighted by Crippen LogP contribution is -2.31. The second-order valence-electron chi connectivity index (χ2n) is 5.29. The second kappa shape index (κ2) is 10.2. The quantitative estimate of drug-likeness (QED) is 0.510. The third kappa shape index (κ3) is 7.74. The van der Waals surface area contributed by atoms with E-state index >= 15 is 0 Å². The fourth-order valence-electron chi connectivity index (χ4n) is 2.02. The maximum atomic E-state index is 12.5. The second-order valence-corrected chi connectivity index (χ2v) is 5.29. The molecule has 1 heterocycles. The van der Waals surface area contributed by atoms with Crippen LogP contribution >= 0.6 is 0 Å². The van der Waals surface area contributed by atoms with Gasteiger partial charge in [-0.2, -0.15) is 18.2 Å². The molecule has 1 aliphatic rings. The number of carbonyl (C=O) groups is 1. The van der Waals surface area contributed by atoms with Crippen LogP contribution in [-0.4, -0.2) is 62.1 Å². The van der Waals surface area contributed by atoms with Gasteiger partial charge in [0.1, 0.15) is 0 Å². The number of aliphatic imine (C=N–C) groups is 1. The summed E-state index contributed by atoms with van der Waals surface area (Å²) in [6.07, 6.45) is -3.24. The zero-order chi connectivity index (χ0) is 18.9. The van der Waals surface area contributed by atoms with Crippen molar-refractivity contribution in [3.8, 4) is 0 Å². The topological polar surface area (TPSA) is 63.6 Å². The van der Waals surface area contributed by atoms with Crippen LogP contribution in [0.1, 0.15) is 32.6 Å². The van der Waals surface area contributed by atoms with Crippen molar-refractivity contribution in [3.63, 3.8) is 0 Å². The van der Waals surface area contributed by atoms with E-state index in [1.165, 1.54) is 7.05 Å². The number of alkyl halides is 3. The lowest BCUT2D eigenvalue weighted by Gasteiger charge is -2.21. The molecule has 10 heteroatoms. The average Bonchev–Trinajstić information content (AvgIpc) is 2.57. The van der Waals surface area contributed by atoms with E-state index in [-0.39, 0.29) is 25.3 Å². The first-order valence-electron chi connectivity index (χ1n) is 7.98. The summed E-state index contributed by atoms with van der Waals surface area (Å²) < 4.78 is 42.5. The predicted octanol–water partition coefficient (Wildman–Crippen LogP) is 3.29. The third-order valence-electron chi connectivity index (χ3n) is 3.47. The number of halogens is 3. The van der Waals surface area contributed by atoms with Gasteiger partial charge in [-0.25, -0.2) is 9.79 Å². The summed E-state index contributed by atoms with van der Waals surface area (Å²) in [4.78, 5) is 25.5. The number of hydroxylamine groups is 4. The molecule has 0 atom stereocenters. The summed E-state index contributed by atoms with van der Waals surface area (Å²) in [7, 11) is 2.91. The molecule has 25 heavy (non-hydrogen) atoms. The van der Waals surface area contributed by atoms with Crippen molar-refractivity contribution < 1.29 is 32.4 Å². The van der Waals surface area contributed by atoms with Gasteiger partial charge in [-0.15, -0.1) is 5.06 Å². The number of carbonyl (C=O) groups excluding carboxylic acids is 1. The standard InChI is InChI=1S/C15H24F3N3O4/c1-4-21(23-3)9-5-6-10-24-14(22)20(2)25-13-8-7-12(11-19-13)15(16,17)18/h11H,4-10H2,1-3H3. The number of rotatable bonds is 7. The molecule has 1 rings (SSSR count). The fourth-order valence-corrected chi connectivity index (χ4v) is 2.02. The van der Waals surface area contributed by atoms with Gasteiger partial charge < -0.3 is 14.4 Å². The number of unbranched alkanes of at least 4 members (excludes halogenated alkanes) is 1. The van der Waals surface area contributed by atoms with Crippen molar-refractivity contribution >= 4 is 12.0 Å². The van der Waals surface area contributed by atoms with E-state index in [2.05, 4.69) is 4.99 Å². The van der Waals surface area contributed by atoms with Crippen molar-refractivity contribution in [3.05, 3.63) is 11.8 Å². The van der Waals surface area contributed by atoms with E-state index in [9.17, 15) is 18.0 Å². The van der Waals surface area contributed by atoms with Crippen LogP contribution in [0.4, 0.5) is 18.0 Å². The molecular weight excluding hydrogens is 343 g/mol. The largest absolute Gasteiger partial charge is 0.447 e. The van der Waals surface area contributed by atoms with Crippen molar-refractivity contribution in [2.45, 2.75) is 38.8 Å². The van der Waals surface area contributed by atoms with Crippen LogP contribution in [0, 0.1) is 0 Å². The molecule has 7 nitrogen and oxygen atoms in total. The molecular formula is C15H24F3N3O4. The Hall–Kier alpha value is -1.81. The van der Waals surface area contributed by atoms with E-state index in [1.807, 2.05) is 6.92 Å². The molecule has 0 unspecified atom stereocenters. The molecule has 0 radical (unpaired) electrons. The maximum Gasteiger partial charge on any atom is 0.442 e. The normalized spacial score (nSPS) is 14.8. The number of hydrogen-bond acceptors (Lipinski definition) is 6. The molecule has 0 saturated heterocycles. The molecule has 0 aliphatic carbocycles. The SMILES string of the molecule is CCN(CCCCOC(=O)N(C)OC1=NC=C(C(F)(F)F)CC1)OC. The zero-order valence-corrected chi connectivity index (χ0v) is 14.6. The van der Waals surface area contributed by atoms with Gasteiger partial charge in [0.2, 0.25) is 5.90 Å². The number of amides is 1. The van der Waals surface area contributed by atoms with Gasteiger partial charge in [-0.3, -0.25) is 0 Å². The smallest absolute Gasteiger partial charge is 0.442 e. The number of ether oxygens (including phenoxy) is 1. The molecule has 0 aromatic rings. The van der Waals surface area contributed by atoms with Crippen LogP contribution in [0.25, 0.3) is 0 Å². The molecule has 0 aromatic carbocycles. The van der Waals surface area contributed by atoms with Gasteiger partial charge in [0.15, 0.2) is 0 Å². The fraction of sp³-hybridized carbons (Fsp3) is 0.733. The molecule has 0 fully saturated rings. The van der Waals surface area contributed by atoms with E-state index in [1.54, 1.807) is 12.2 Å². The van der Waals surface area contributed by atoms with Crippen LogP contribution < -0.4 is 0 Å². The summed E-state index contributed by atoms with van der Waals surface area (Å²) in [6.45, 7) is 3.66. The molecule has 1 aliphatic heterocycles. The van der Waals surface area contributed by atoms with Crippen LogP contribution in [0.3, 0.4) is 0 Å². The molecule has 0 aromatic heterocycles. The molecule has 144 valence electrons. The Balaban J connectivity index is 2.29. The molecule has 0 saturated carbocycles. The minimum absolute atomic E-state index is 0.0335. The lowest BCUT2D eigenvalue weighted by molar-refractivity contribution is -0.128. The van der Waals surface area contributed by atoms with E-state index in [0.717, 1.165) is 24.6 Å². The highest BCUT2D eigenvalue weighted by Gasteiger charge is 2.35. The van der Waals surface area contributed by atoms with Gasteiger partial charge in [-0.05, 0) is 19.3 Å². The molecule has 0 spiro atoms. The Labute approximate surface area is 144 Å². The number of hydrogen-bond donors (Lipinski definition) is 0. The van der Waals surface area contributed by atoms with Crippen molar-refractivity contribution in [1.29, 1.82) is 0 Å². The zero-order valence-electron chi connectivity index (χ0n) is 14.6.